The Morgan fingerprint density at radius 2 is 1.70 bits per heavy atom. The second-order valence-corrected chi connectivity index (χ2v) is 7.76. The molecule has 0 saturated heterocycles. The molecule has 1 N–H and O–H groups in total. The maximum Gasteiger partial charge on any atom is 0.241 e. The van der Waals surface area contributed by atoms with Crippen molar-refractivity contribution in [1.82, 2.24) is 4.72 Å². The van der Waals surface area contributed by atoms with Crippen LogP contribution in [-0.4, -0.2) is 22.6 Å². The Bertz CT molecular complexity index is 792. The highest BCUT2D eigenvalue weighted by Crippen LogP contribution is 2.27. The van der Waals surface area contributed by atoms with Gasteiger partial charge in [0.2, 0.25) is 10.0 Å². The van der Waals surface area contributed by atoms with Gasteiger partial charge >= 0.3 is 0 Å². The predicted molar refractivity (Wildman–Crippen MR) is 97.4 cm³/mol. The van der Waals surface area contributed by atoms with Crippen molar-refractivity contribution in [2.24, 2.45) is 0 Å². The summed E-state index contributed by atoms with van der Waals surface area (Å²) in [6.45, 7) is 1.78. The van der Waals surface area contributed by atoms with Gasteiger partial charge in [-0.1, -0.05) is 18.2 Å². The zero-order valence-electron chi connectivity index (χ0n) is 13.0. The zero-order chi connectivity index (χ0) is 17.0. The lowest BCUT2D eigenvalue weighted by Crippen LogP contribution is -2.27. The van der Waals surface area contributed by atoms with Crippen molar-refractivity contribution in [3.8, 4) is 11.5 Å². The van der Waals surface area contributed by atoms with Crippen LogP contribution in [0.4, 0.5) is 0 Å². The first-order chi connectivity index (χ1) is 10.9. The molecule has 124 valence electrons. The van der Waals surface area contributed by atoms with E-state index in [9.17, 15) is 8.42 Å². The molecule has 0 saturated carbocycles. The van der Waals surface area contributed by atoms with Gasteiger partial charge in [-0.25, -0.2) is 13.1 Å². The Morgan fingerprint density at radius 1 is 1.04 bits per heavy atom. The highest BCUT2D eigenvalue weighted by atomic mass is 127. The molecule has 0 heterocycles. The van der Waals surface area contributed by atoms with Gasteiger partial charge in [0.05, 0.1) is 22.7 Å². The quantitative estimate of drug-likeness (QED) is 0.691. The maximum atomic E-state index is 12.6. The van der Waals surface area contributed by atoms with Crippen LogP contribution in [0.5, 0.6) is 11.5 Å². The van der Waals surface area contributed by atoms with Gasteiger partial charge in [0.1, 0.15) is 11.5 Å². The van der Waals surface area contributed by atoms with Crippen LogP contribution in [0, 0.1) is 3.57 Å². The van der Waals surface area contributed by atoms with E-state index in [1.165, 1.54) is 6.07 Å². The summed E-state index contributed by atoms with van der Waals surface area (Å²) in [6, 6.07) is 11.7. The molecular weight excluding hydrogens is 429 g/mol. The first kappa shape index (κ1) is 18.0. The fraction of sp³-hybridized carbons (Fsp3) is 0.250. The summed E-state index contributed by atoms with van der Waals surface area (Å²) in [7, 11) is -0.535. The second kappa shape index (κ2) is 7.50. The van der Waals surface area contributed by atoms with Crippen LogP contribution in [0.3, 0.4) is 0 Å². The topological polar surface area (TPSA) is 64.6 Å². The molecule has 1 atom stereocenters. The first-order valence-corrected chi connectivity index (χ1v) is 9.44. The number of nitrogens with one attached hydrogen (secondary N) is 1. The predicted octanol–water partition coefficient (Wildman–Crippen LogP) is 3.35. The fourth-order valence-electron chi connectivity index (χ4n) is 2.20. The molecule has 0 aliphatic heterocycles. The Labute approximate surface area is 150 Å². The number of rotatable bonds is 6. The van der Waals surface area contributed by atoms with Crippen molar-refractivity contribution in [3.05, 3.63) is 51.6 Å². The average molecular weight is 447 g/mol. The molecule has 2 aromatic carbocycles. The van der Waals surface area contributed by atoms with Crippen LogP contribution in [0.25, 0.3) is 0 Å². The van der Waals surface area contributed by atoms with Crippen molar-refractivity contribution in [2.75, 3.05) is 14.2 Å². The molecule has 2 rings (SSSR count). The third-order valence-electron chi connectivity index (χ3n) is 3.37. The molecular formula is C16H18INO4S. The minimum absolute atomic E-state index is 0.199. The summed E-state index contributed by atoms with van der Waals surface area (Å²) in [5, 5.41) is 0. The van der Waals surface area contributed by atoms with Crippen molar-refractivity contribution < 1.29 is 17.9 Å². The number of sulfonamides is 1. The van der Waals surface area contributed by atoms with E-state index in [1.54, 1.807) is 39.3 Å². The average Bonchev–Trinajstić information content (AvgIpc) is 2.54. The number of hydrogen-bond donors (Lipinski definition) is 1. The minimum Gasteiger partial charge on any atom is -0.496 e. The van der Waals surface area contributed by atoms with Crippen LogP contribution >= 0.6 is 22.6 Å². The molecule has 0 aliphatic rings. The Morgan fingerprint density at radius 3 is 2.30 bits per heavy atom. The maximum absolute atomic E-state index is 12.6. The van der Waals surface area contributed by atoms with Crippen LogP contribution < -0.4 is 14.2 Å². The summed E-state index contributed by atoms with van der Waals surface area (Å²) in [5.74, 6) is 1.29. The van der Waals surface area contributed by atoms with E-state index in [0.29, 0.717) is 11.5 Å². The molecule has 5 nitrogen and oxygen atoms in total. The van der Waals surface area contributed by atoms with E-state index in [4.69, 9.17) is 9.47 Å². The second-order valence-electron chi connectivity index (χ2n) is 4.88. The van der Waals surface area contributed by atoms with Crippen molar-refractivity contribution in [1.29, 1.82) is 0 Å². The van der Waals surface area contributed by atoms with Gasteiger partial charge in [-0.05, 0) is 53.8 Å². The van der Waals surface area contributed by atoms with Gasteiger partial charge in [-0.2, -0.15) is 0 Å². The van der Waals surface area contributed by atoms with E-state index < -0.39 is 16.1 Å². The summed E-state index contributed by atoms with van der Waals surface area (Å²) in [6.07, 6.45) is 0. The van der Waals surface area contributed by atoms with Crippen molar-refractivity contribution >= 4 is 32.6 Å². The Balaban J connectivity index is 2.29. The smallest absolute Gasteiger partial charge is 0.241 e. The highest BCUT2D eigenvalue weighted by Gasteiger charge is 2.21. The number of hydrogen-bond acceptors (Lipinski definition) is 4. The summed E-state index contributed by atoms with van der Waals surface area (Å²) >= 11 is 2.05. The largest absolute Gasteiger partial charge is 0.496 e. The monoisotopic (exact) mass is 447 g/mol. The standard InChI is InChI=1S/C16H18INO4S/c1-11(13-6-4-5-7-15(13)21-2)18-23(19,20)12-8-9-16(22-3)14(17)10-12/h4-11,18H,1-3H3/t11-/m1/s1. The van der Waals surface area contributed by atoms with E-state index in [-0.39, 0.29) is 4.90 Å². The van der Waals surface area contributed by atoms with E-state index >= 15 is 0 Å². The lowest BCUT2D eigenvalue weighted by molar-refractivity contribution is 0.405. The van der Waals surface area contributed by atoms with Crippen LogP contribution in [-0.2, 0) is 10.0 Å². The lowest BCUT2D eigenvalue weighted by atomic mass is 10.1. The van der Waals surface area contributed by atoms with Gasteiger partial charge in [-0.3, -0.25) is 0 Å². The molecule has 7 heteroatoms. The molecule has 0 aliphatic carbocycles. The molecule has 0 amide bonds. The summed E-state index contributed by atoms with van der Waals surface area (Å²) in [4.78, 5) is 0.199. The lowest BCUT2D eigenvalue weighted by Gasteiger charge is -2.17. The summed E-state index contributed by atoms with van der Waals surface area (Å²) in [5.41, 5.74) is 0.779. The molecule has 0 unspecified atom stereocenters. The highest BCUT2D eigenvalue weighted by molar-refractivity contribution is 14.1. The number of para-hydroxylation sites is 1. The number of ether oxygens (including phenoxy) is 2. The van der Waals surface area contributed by atoms with Crippen molar-refractivity contribution in [2.45, 2.75) is 17.9 Å². The first-order valence-electron chi connectivity index (χ1n) is 6.88. The Kier molecular flexibility index (Phi) is 5.88. The Hall–Kier alpha value is -1.32. The molecule has 23 heavy (non-hydrogen) atoms. The third kappa shape index (κ3) is 4.15. The van der Waals surface area contributed by atoms with Gasteiger partial charge in [0, 0.05) is 11.6 Å². The van der Waals surface area contributed by atoms with Crippen LogP contribution in [0.2, 0.25) is 0 Å². The molecule has 0 bridgehead atoms. The third-order valence-corrected chi connectivity index (χ3v) is 5.75. The van der Waals surface area contributed by atoms with E-state index in [1.807, 2.05) is 40.8 Å². The van der Waals surface area contributed by atoms with Crippen LogP contribution in [0.1, 0.15) is 18.5 Å². The summed E-state index contributed by atoms with van der Waals surface area (Å²) < 4.78 is 39.0. The van der Waals surface area contributed by atoms with Crippen molar-refractivity contribution in [3.63, 3.8) is 0 Å². The van der Waals surface area contributed by atoms with Gasteiger partial charge in [-0.15, -0.1) is 0 Å². The molecule has 0 radical (unpaired) electrons. The minimum atomic E-state index is -3.65. The normalized spacial score (nSPS) is 12.7. The fourth-order valence-corrected chi connectivity index (χ4v) is 4.40. The van der Waals surface area contributed by atoms with E-state index in [0.717, 1.165) is 9.13 Å². The zero-order valence-corrected chi connectivity index (χ0v) is 16.0. The van der Waals surface area contributed by atoms with Gasteiger partial charge < -0.3 is 9.47 Å². The number of methoxy groups -OCH3 is 2. The van der Waals surface area contributed by atoms with Gasteiger partial charge in [0.25, 0.3) is 0 Å². The molecule has 0 fully saturated rings. The van der Waals surface area contributed by atoms with Gasteiger partial charge in [0.15, 0.2) is 0 Å². The molecule has 0 aromatic heterocycles. The SMILES string of the molecule is COc1ccc(S(=O)(=O)N[C@H](C)c2ccccc2OC)cc1I. The molecule has 2 aromatic rings. The van der Waals surface area contributed by atoms with E-state index in [2.05, 4.69) is 4.72 Å². The number of benzene rings is 2. The number of halogens is 1. The van der Waals surface area contributed by atoms with Crippen LogP contribution in [0.15, 0.2) is 47.4 Å². The molecule has 0 spiro atoms.